The molecule has 1 unspecified atom stereocenters. The van der Waals surface area contributed by atoms with Crippen molar-refractivity contribution in [2.75, 3.05) is 6.61 Å². The SMILES string of the molecule is CC1=C2[C@@H](O)[C@@H](O)[C@]3(C)[C@@H](O)C[C@H]4OC[C@H]4C34C[C@H](C[C@@H]1O)[C@]24C. The average molecular weight is 336 g/mol. The molecule has 1 heterocycles. The van der Waals surface area contributed by atoms with Gasteiger partial charge >= 0.3 is 0 Å². The van der Waals surface area contributed by atoms with Gasteiger partial charge in [0.1, 0.15) is 6.10 Å². The van der Waals surface area contributed by atoms with E-state index in [2.05, 4.69) is 6.92 Å². The highest BCUT2D eigenvalue weighted by Crippen LogP contribution is 2.83. The van der Waals surface area contributed by atoms with Gasteiger partial charge in [-0.05, 0) is 42.2 Å². The standard InChI is InChI=1S/C19H28O5/c1-8-11(20)4-9-6-19-10-7-24-12(10)5-13(21)18(19,3)16(23)15(22)14(8)17(9,19)2/h9-13,15-16,20-23H,4-7H2,1-3H3/t9-,10+,11-,12+,13-,15+,16+,17+,18-,19?/m0/s1. The van der Waals surface area contributed by atoms with Crippen LogP contribution in [0.3, 0.4) is 0 Å². The lowest BCUT2D eigenvalue weighted by Gasteiger charge is -2.82. The van der Waals surface area contributed by atoms with Gasteiger partial charge < -0.3 is 25.2 Å². The molecule has 24 heavy (non-hydrogen) atoms. The van der Waals surface area contributed by atoms with Gasteiger partial charge in [-0.2, -0.15) is 0 Å². The van der Waals surface area contributed by atoms with Crippen molar-refractivity contribution >= 4 is 0 Å². The molecule has 4 aliphatic carbocycles. The molecule has 0 radical (unpaired) electrons. The smallest absolute Gasteiger partial charge is 0.102 e. The molecule has 1 spiro atoms. The van der Waals surface area contributed by atoms with E-state index in [0.29, 0.717) is 31.3 Å². The second-order valence-corrected chi connectivity index (χ2v) is 9.33. The van der Waals surface area contributed by atoms with Crippen LogP contribution in [0.25, 0.3) is 0 Å². The fraction of sp³-hybridized carbons (Fsp3) is 0.895. The summed E-state index contributed by atoms with van der Waals surface area (Å²) >= 11 is 0. The Morgan fingerprint density at radius 3 is 2.42 bits per heavy atom. The van der Waals surface area contributed by atoms with E-state index in [1.54, 1.807) is 0 Å². The number of fused-ring (bicyclic) bond motifs is 1. The van der Waals surface area contributed by atoms with Gasteiger partial charge in [0.25, 0.3) is 0 Å². The van der Waals surface area contributed by atoms with E-state index in [-0.39, 0.29) is 16.9 Å². The Labute approximate surface area is 142 Å². The highest BCUT2D eigenvalue weighted by molar-refractivity contribution is 5.46. The summed E-state index contributed by atoms with van der Waals surface area (Å²) in [6.45, 7) is 6.73. The Morgan fingerprint density at radius 2 is 1.79 bits per heavy atom. The number of rotatable bonds is 0. The van der Waals surface area contributed by atoms with Crippen LogP contribution in [0.2, 0.25) is 0 Å². The minimum absolute atomic E-state index is 0.0571. The molecule has 3 saturated carbocycles. The molecule has 5 heteroatoms. The topological polar surface area (TPSA) is 90.2 Å². The summed E-state index contributed by atoms with van der Waals surface area (Å²) in [6, 6.07) is 0. The zero-order chi connectivity index (χ0) is 17.2. The van der Waals surface area contributed by atoms with Crippen LogP contribution >= 0.6 is 0 Å². The quantitative estimate of drug-likeness (QED) is 0.487. The molecule has 10 atom stereocenters. The molecule has 5 rings (SSSR count). The first-order valence-electron chi connectivity index (χ1n) is 9.26. The van der Waals surface area contributed by atoms with Gasteiger partial charge in [-0.3, -0.25) is 0 Å². The van der Waals surface area contributed by atoms with E-state index in [1.807, 2.05) is 13.8 Å². The molecule has 5 nitrogen and oxygen atoms in total. The Hall–Kier alpha value is -0.460. The third-order valence-electron chi connectivity index (χ3n) is 9.19. The summed E-state index contributed by atoms with van der Waals surface area (Å²) in [7, 11) is 0. The van der Waals surface area contributed by atoms with E-state index < -0.39 is 29.8 Å². The first-order valence-corrected chi connectivity index (χ1v) is 9.26. The lowest BCUT2D eigenvalue weighted by Crippen LogP contribution is -2.84. The van der Waals surface area contributed by atoms with E-state index in [4.69, 9.17) is 4.74 Å². The maximum absolute atomic E-state index is 11.1. The second kappa shape index (κ2) is 4.26. The summed E-state index contributed by atoms with van der Waals surface area (Å²) in [6.07, 6.45) is -1.06. The molecule has 0 bridgehead atoms. The van der Waals surface area contributed by atoms with Crippen LogP contribution in [0.1, 0.15) is 40.0 Å². The molecule has 1 aliphatic heterocycles. The first kappa shape index (κ1) is 15.8. The second-order valence-electron chi connectivity index (χ2n) is 9.33. The predicted octanol–water partition coefficient (Wildman–Crippen LogP) is 0.601. The lowest BCUT2D eigenvalue weighted by molar-refractivity contribution is -0.385. The highest BCUT2D eigenvalue weighted by atomic mass is 16.5. The van der Waals surface area contributed by atoms with Crippen LogP contribution in [0, 0.1) is 28.1 Å². The fourth-order valence-corrected chi connectivity index (χ4v) is 7.84. The summed E-state index contributed by atoms with van der Waals surface area (Å²) in [5.74, 6) is 0.603. The van der Waals surface area contributed by atoms with Gasteiger partial charge in [0, 0.05) is 23.2 Å². The predicted molar refractivity (Wildman–Crippen MR) is 85.9 cm³/mol. The van der Waals surface area contributed by atoms with E-state index in [1.165, 1.54) is 0 Å². The summed E-state index contributed by atoms with van der Waals surface area (Å²) in [5, 5.41) is 43.5. The van der Waals surface area contributed by atoms with Crippen molar-refractivity contribution in [3.05, 3.63) is 11.1 Å². The van der Waals surface area contributed by atoms with Crippen molar-refractivity contribution in [3.8, 4) is 0 Å². The number of ether oxygens (including phenoxy) is 1. The van der Waals surface area contributed by atoms with Crippen molar-refractivity contribution in [2.24, 2.45) is 28.1 Å². The van der Waals surface area contributed by atoms with Crippen LogP contribution in [0.15, 0.2) is 11.1 Å². The molecule has 1 saturated heterocycles. The first-order chi connectivity index (χ1) is 11.2. The van der Waals surface area contributed by atoms with Crippen LogP contribution in [0.4, 0.5) is 0 Å². The molecule has 4 fully saturated rings. The molecular formula is C19H28O5. The average Bonchev–Trinajstić information content (AvgIpc) is 2.51. The summed E-state index contributed by atoms with van der Waals surface area (Å²) in [5.41, 5.74) is 0.369. The normalized spacial score (nSPS) is 64.4. The molecule has 5 aliphatic rings. The van der Waals surface area contributed by atoms with Crippen molar-refractivity contribution in [1.82, 2.24) is 0 Å². The van der Waals surface area contributed by atoms with Crippen molar-refractivity contribution in [2.45, 2.75) is 70.6 Å². The molecule has 0 aromatic rings. The molecule has 0 aromatic heterocycles. The number of aliphatic hydroxyl groups excluding tert-OH is 4. The van der Waals surface area contributed by atoms with Gasteiger partial charge in [-0.15, -0.1) is 0 Å². The van der Waals surface area contributed by atoms with Crippen LogP contribution in [-0.4, -0.2) is 57.6 Å². The van der Waals surface area contributed by atoms with Crippen LogP contribution < -0.4 is 0 Å². The number of aliphatic hydroxyl groups is 4. The van der Waals surface area contributed by atoms with Gasteiger partial charge in [-0.25, -0.2) is 0 Å². The summed E-state index contributed by atoms with van der Waals surface area (Å²) < 4.78 is 5.75. The minimum atomic E-state index is -1.02. The maximum atomic E-state index is 11.1. The van der Waals surface area contributed by atoms with Crippen LogP contribution in [-0.2, 0) is 4.74 Å². The zero-order valence-electron chi connectivity index (χ0n) is 14.6. The highest BCUT2D eigenvalue weighted by Gasteiger charge is 2.83. The van der Waals surface area contributed by atoms with E-state index in [9.17, 15) is 20.4 Å². The van der Waals surface area contributed by atoms with Crippen LogP contribution in [0.5, 0.6) is 0 Å². The molecular weight excluding hydrogens is 308 g/mol. The Bertz CT molecular complexity index is 646. The number of hydrogen-bond acceptors (Lipinski definition) is 5. The molecule has 134 valence electrons. The Balaban J connectivity index is 1.79. The molecule has 4 N–H and O–H groups in total. The Kier molecular flexibility index (Phi) is 2.80. The van der Waals surface area contributed by atoms with Crippen molar-refractivity contribution < 1.29 is 25.2 Å². The molecule has 0 amide bonds. The van der Waals surface area contributed by atoms with E-state index in [0.717, 1.165) is 17.6 Å². The van der Waals surface area contributed by atoms with Gasteiger partial charge in [-0.1, -0.05) is 13.8 Å². The maximum Gasteiger partial charge on any atom is 0.102 e. The van der Waals surface area contributed by atoms with Crippen molar-refractivity contribution in [1.29, 1.82) is 0 Å². The summed E-state index contributed by atoms with van der Waals surface area (Å²) in [4.78, 5) is 0. The van der Waals surface area contributed by atoms with Gasteiger partial charge in [0.05, 0.1) is 31.0 Å². The third-order valence-corrected chi connectivity index (χ3v) is 9.19. The zero-order valence-corrected chi connectivity index (χ0v) is 14.6. The van der Waals surface area contributed by atoms with Gasteiger partial charge in [0.15, 0.2) is 0 Å². The van der Waals surface area contributed by atoms with Crippen molar-refractivity contribution in [3.63, 3.8) is 0 Å². The number of hydrogen-bond donors (Lipinski definition) is 4. The fourth-order valence-electron chi connectivity index (χ4n) is 7.84. The van der Waals surface area contributed by atoms with E-state index >= 15 is 0 Å². The Morgan fingerprint density at radius 1 is 1.08 bits per heavy atom. The largest absolute Gasteiger partial charge is 0.392 e. The monoisotopic (exact) mass is 336 g/mol. The third kappa shape index (κ3) is 1.24. The minimum Gasteiger partial charge on any atom is -0.392 e. The molecule has 0 aromatic carbocycles. The van der Waals surface area contributed by atoms with Gasteiger partial charge in [0.2, 0.25) is 0 Å². The lowest BCUT2D eigenvalue weighted by atomic mass is 9.23.